The molecule has 0 radical (unpaired) electrons. The lowest BCUT2D eigenvalue weighted by Crippen LogP contribution is -2.22. The van der Waals surface area contributed by atoms with E-state index in [-0.39, 0.29) is 11.6 Å². The van der Waals surface area contributed by atoms with Crippen LogP contribution in [0.5, 0.6) is 0 Å². The maximum atomic E-state index is 11.6. The molecule has 1 amide bonds. The van der Waals surface area contributed by atoms with Crippen LogP contribution in [0.25, 0.3) is 0 Å². The number of hydrogen-bond donors (Lipinski definition) is 4. The summed E-state index contributed by atoms with van der Waals surface area (Å²) in [5, 5.41) is 22.1. The number of anilines is 1. The van der Waals surface area contributed by atoms with E-state index >= 15 is 0 Å². The van der Waals surface area contributed by atoms with Gasteiger partial charge < -0.3 is 11.1 Å². The highest BCUT2D eigenvalue weighted by molar-refractivity contribution is 6.45. The summed E-state index contributed by atoms with van der Waals surface area (Å²) in [6, 6.07) is 6.78. The van der Waals surface area contributed by atoms with Crippen molar-refractivity contribution in [2.24, 2.45) is 10.8 Å². The summed E-state index contributed by atoms with van der Waals surface area (Å²) < 4.78 is 0. The minimum atomic E-state index is -0.421. The summed E-state index contributed by atoms with van der Waals surface area (Å²) >= 11 is 0. The summed E-state index contributed by atoms with van der Waals surface area (Å²) in [6.07, 6.45) is 0. The molecule has 0 aromatic heterocycles. The summed E-state index contributed by atoms with van der Waals surface area (Å²) in [6.45, 7) is 1.75. The number of carbonyl (C=O) groups is 1. The first-order valence-electron chi connectivity index (χ1n) is 5.41. The van der Waals surface area contributed by atoms with Gasteiger partial charge >= 0.3 is 0 Å². The summed E-state index contributed by atoms with van der Waals surface area (Å²) in [7, 11) is 1.55. The van der Waals surface area contributed by atoms with E-state index in [1.54, 1.807) is 38.2 Å². The zero-order valence-corrected chi connectivity index (χ0v) is 10.6. The fraction of sp³-hybridized carbons (Fsp3) is 0.167. The van der Waals surface area contributed by atoms with Gasteiger partial charge in [0.1, 0.15) is 6.07 Å². The largest absolute Gasteiger partial charge is 0.382 e. The van der Waals surface area contributed by atoms with Gasteiger partial charge in [0.2, 0.25) is 5.71 Å². The number of rotatable bonds is 4. The second kappa shape index (κ2) is 6.16. The maximum absolute atomic E-state index is 11.6. The average Bonchev–Trinajstić information content (AvgIpc) is 2.40. The molecule has 0 saturated carbocycles. The van der Waals surface area contributed by atoms with Crippen molar-refractivity contribution in [3.63, 3.8) is 0 Å². The molecule has 0 aliphatic heterocycles. The number of hydrogen-bond acceptors (Lipinski definition) is 5. The number of benzene rings is 1. The van der Waals surface area contributed by atoms with Gasteiger partial charge in [-0.3, -0.25) is 15.6 Å². The molecule has 5 N–H and O–H groups in total. The van der Waals surface area contributed by atoms with E-state index in [1.165, 1.54) is 0 Å². The third-order valence-corrected chi connectivity index (χ3v) is 2.45. The predicted octanol–water partition coefficient (Wildman–Crippen LogP) is 0.582. The lowest BCUT2D eigenvalue weighted by Gasteiger charge is -2.09. The van der Waals surface area contributed by atoms with Gasteiger partial charge in [-0.15, -0.1) is 0 Å². The topological polar surface area (TPSA) is 127 Å². The van der Waals surface area contributed by atoms with Crippen LogP contribution < -0.4 is 16.5 Å². The van der Waals surface area contributed by atoms with Crippen molar-refractivity contribution in [1.29, 1.82) is 10.7 Å². The van der Waals surface area contributed by atoms with Gasteiger partial charge in [-0.25, -0.2) is 0 Å². The normalized spacial score (nSPS) is 10.5. The number of nitrogens with two attached hydrogens (primary N) is 1. The van der Waals surface area contributed by atoms with E-state index in [1.807, 2.05) is 0 Å². The van der Waals surface area contributed by atoms with Gasteiger partial charge in [-0.1, -0.05) is 6.07 Å². The molecule has 0 fully saturated rings. The highest BCUT2D eigenvalue weighted by Gasteiger charge is 2.10. The van der Waals surface area contributed by atoms with Gasteiger partial charge in [-0.2, -0.15) is 10.4 Å². The lowest BCUT2D eigenvalue weighted by atomic mass is 10.1. The number of nitriles is 1. The predicted molar refractivity (Wildman–Crippen MR) is 73.2 cm³/mol. The number of nitrogens with one attached hydrogen (secondary N) is 3. The average molecular weight is 258 g/mol. The Morgan fingerprint density at radius 1 is 1.53 bits per heavy atom. The Labute approximate surface area is 110 Å². The molecular formula is C12H14N6O. The van der Waals surface area contributed by atoms with E-state index in [4.69, 9.17) is 16.4 Å². The Bertz CT molecular complexity index is 584. The van der Waals surface area contributed by atoms with E-state index in [0.717, 1.165) is 0 Å². The second-order valence-electron chi connectivity index (χ2n) is 3.65. The molecule has 1 rings (SSSR count). The number of carbonyl (C=O) groups excluding carboxylic acids is 1. The van der Waals surface area contributed by atoms with Crippen LogP contribution in [0.1, 0.15) is 15.9 Å². The minimum Gasteiger partial charge on any atom is -0.382 e. The molecule has 0 saturated heterocycles. The SMILES string of the molecule is CNC(=O)c1cccc(N/N=C(\C#N)C(=N)N)c1C. The fourth-order valence-corrected chi connectivity index (χ4v) is 1.40. The summed E-state index contributed by atoms with van der Waals surface area (Å²) in [5.74, 6) is -0.632. The van der Waals surface area contributed by atoms with Crippen molar-refractivity contribution < 1.29 is 4.79 Å². The van der Waals surface area contributed by atoms with Crippen LogP contribution in [0.15, 0.2) is 23.3 Å². The highest BCUT2D eigenvalue weighted by Crippen LogP contribution is 2.18. The van der Waals surface area contributed by atoms with Crippen LogP contribution >= 0.6 is 0 Å². The van der Waals surface area contributed by atoms with E-state index < -0.39 is 5.84 Å². The number of amides is 1. The highest BCUT2D eigenvalue weighted by atomic mass is 16.1. The molecule has 19 heavy (non-hydrogen) atoms. The minimum absolute atomic E-state index is 0.211. The molecule has 0 bridgehead atoms. The smallest absolute Gasteiger partial charge is 0.251 e. The first kappa shape index (κ1) is 14.2. The maximum Gasteiger partial charge on any atom is 0.251 e. The van der Waals surface area contributed by atoms with Crippen molar-refractivity contribution in [3.8, 4) is 6.07 Å². The van der Waals surface area contributed by atoms with Crippen LogP contribution in [0, 0.1) is 23.7 Å². The van der Waals surface area contributed by atoms with Crippen molar-refractivity contribution >= 4 is 23.1 Å². The number of nitrogens with zero attached hydrogens (tertiary/aromatic N) is 2. The molecule has 0 unspecified atom stereocenters. The zero-order chi connectivity index (χ0) is 14.4. The first-order chi connectivity index (χ1) is 9.01. The Balaban J connectivity index is 3.07. The Morgan fingerprint density at radius 2 is 2.21 bits per heavy atom. The van der Waals surface area contributed by atoms with E-state index in [0.29, 0.717) is 16.8 Å². The first-order valence-corrected chi connectivity index (χ1v) is 5.41. The Hall–Kier alpha value is -2.88. The lowest BCUT2D eigenvalue weighted by molar-refractivity contribution is 0.0962. The molecule has 0 aliphatic rings. The number of hydrazone groups is 1. The number of amidine groups is 1. The van der Waals surface area contributed by atoms with Gasteiger partial charge in [0.15, 0.2) is 5.84 Å². The molecule has 1 aromatic rings. The molecule has 1 aromatic carbocycles. The molecular weight excluding hydrogens is 244 g/mol. The molecule has 7 heteroatoms. The Morgan fingerprint density at radius 3 is 2.74 bits per heavy atom. The molecule has 0 aliphatic carbocycles. The fourth-order valence-electron chi connectivity index (χ4n) is 1.40. The Kier molecular flexibility index (Phi) is 4.60. The summed E-state index contributed by atoms with van der Waals surface area (Å²) in [5.41, 5.74) is 9.34. The molecule has 0 atom stereocenters. The third kappa shape index (κ3) is 3.29. The second-order valence-corrected chi connectivity index (χ2v) is 3.65. The van der Waals surface area contributed by atoms with E-state index in [9.17, 15) is 4.79 Å². The zero-order valence-electron chi connectivity index (χ0n) is 10.6. The third-order valence-electron chi connectivity index (χ3n) is 2.45. The molecule has 0 heterocycles. The molecule has 7 nitrogen and oxygen atoms in total. The van der Waals surface area contributed by atoms with Gasteiger partial charge in [0, 0.05) is 12.6 Å². The van der Waals surface area contributed by atoms with Crippen LogP contribution in [0.2, 0.25) is 0 Å². The van der Waals surface area contributed by atoms with Crippen LogP contribution in [-0.4, -0.2) is 24.5 Å². The molecule has 98 valence electrons. The van der Waals surface area contributed by atoms with Gasteiger partial charge in [0.05, 0.1) is 5.69 Å². The van der Waals surface area contributed by atoms with Crippen molar-refractivity contribution in [3.05, 3.63) is 29.3 Å². The quantitative estimate of drug-likeness (QED) is 0.358. The van der Waals surface area contributed by atoms with Crippen LogP contribution in [-0.2, 0) is 0 Å². The van der Waals surface area contributed by atoms with E-state index in [2.05, 4.69) is 15.8 Å². The van der Waals surface area contributed by atoms with Gasteiger partial charge in [0.25, 0.3) is 5.91 Å². The monoisotopic (exact) mass is 258 g/mol. The summed E-state index contributed by atoms with van der Waals surface area (Å²) in [4.78, 5) is 11.6. The van der Waals surface area contributed by atoms with Crippen molar-refractivity contribution in [2.75, 3.05) is 12.5 Å². The van der Waals surface area contributed by atoms with Crippen molar-refractivity contribution in [1.82, 2.24) is 5.32 Å². The van der Waals surface area contributed by atoms with Crippen LogP contribution in [0.4, 0.5) is 5.69 Å². The standard InChI is InChI=1S/C12H14N6O/c1-7-8(12(19)16-2)4-3-5-9(7)17-18-10(6-13)11(14)15/h3-5,17H,1-2H3,(H3,14,15)(H,16,19)/b18-10+. The van der Waals surface area contributed by atoms with Gasteiger partial charge in [-0.05, 0) is 24.6 Å². The van der Waals surface area contributed by atoms with Crippen molar-refractivity contribution in [2.45, 2.75) is 6.92 Å². The van der Waals surface area contributed by atoms with Crippen LogP contribution in [0.3, 0.4) is 0 Å². The molecule has 0 spiro atoms.